The molecule has 5 nitrogen and oxygen atoms in total. The van der Waals surface area contributed by atoms with E-state index in [4.69, 9.17) is 5.73 Å². The molecule has 2 atom stereocenters. The Labute approximate surface area is 101 Å². The number of aromatic nitrogens is 2. The van der Waals surface area contributed by atoms with E-state index in [1.807, 2.05) is 11.0 Å². The molecule has 2 heterocycles. The van der Waals surface area contributed by atoms with E-state index < -0.39 is 0 Å². The molecule has 5 heteroatoms. The van der Waals surface area contributed by atoms with Crippen molar-refractivity contribution in [3.8, 4) is 0 Å². The molecule has 1 saturated heterocycles. The van der Waals surface area contributed by atoms with Crippen LogP contribution in [0.1, 0.15) is 25.5 Å². The van der Waals surface area contributed by atoms with Crippen LogP contribution in [0.3, 0.4) is 0 Å². The number of nitrogens with zero attached hydrogens (tertiary/aromatic N) is 2. The van der Waals surface area contributed by atoms with E-state index in [1.54, 1.807) is 6.20 Å². The number of hydrogen-bond acceptors (Lipinski definition) is 3. The number of carbonyl (C=O) groups is 1. The minimum atomic E-state index is 0.149. The molecule has 0 radical (unpaired) electrons. The van der Waals surface area contributed by atoms with Gasteiger partial charge in [0.15, 0.2) is 0 Å². The monoisotopic (exact) mass is 236 g/mol. The van der Waals surface area contributed by atoms with Gasteiger partial charge in [-0.15, -0.1) is 0 Å². The number of carbonyl (C=O) groups excluding carboxylic acids is 1. The normalized spacial score (nSPS) is 24.9. The second kappa shape index (κ2) is 5.31. The zero-order valence-corrected chi connectivity index (χ0v) is 10.2. The van der Waals surface area contributed by atoms with E-state index in [0.29, 0.717) is 18.9 Å². The van der Waals surface area contributed by atoms with Gasteiger partial charge in [-0.3, -0.25) is 9.89 Å². The maximum Gasteiger partial charge on any atom is 0.228 e. The summed E-state index contributed by atoms with van der Waals surface area (Å²) in [5, 5.41) is 6.68. The number of piperidine rings is 1. The van der Waals surface area contributed by atoms with Crippen LogP contribution in [-0.4, -0.2) is 40.1 Å². The first kappa shape index (κ1) is 12.1. The first-order chi connectivity index (χ1) is 8.22. The Morgan fingerprint density at radius 2 is 2.53 bits per heavy atom. The topological polar surface area (TPSA) is 75.0 Å². The van der Waals surface area contributed by atoms with E-state index in [-0.39, 0.29) is 11.9 Å². The Hall–Kier alpha value is -1.36. The third-order valence-electron chi connectivity index (χ3n) is 3.58. The molecule has 0 aromatic carbocycles. The van der Waals surface area contributed by atoms with Crippen LogP contribution in [-0.2, 0) is 11.2 Å². The predicted octanol–water partition coefficient (Wildman–Crippen LogP) is 0.538. The molecule has 94 valence electrons. The Morgan fingerprint density at radius 1 is 1.71 bits per heavy atom. The van der Waals surface area contributed by atoms with Crippen molar-refractivity contribution in [1.29, 1.82) is 0 Å². The van der Waals surface area contributed by atoms with Crippen molar-refractivity contribution in [2.24, 2.45) is 11.7 Å². The molecule has 1 fully saturated rings. The van der Waals surface area contributed by atoms with Crippen molar-refractivity contribution in [2.45, 2.75) is 32.2 Å². The minimum Gasteiger partial charge on any atom is -0.338 e. The van der Waals surface area contributed by atoms with Gasteiger partial charge in [-0.1, -0.05) is 6.92 Å². The molecule has 1 aromatic heterocycles. The summed E-state index contributed by atoms with van der Waals surface area (Å²) >= 11 is 0. The fourth-order valence-corrected chi connectivity index (χ4v) is 2.57. The van der Waals surface area contributed by atoms with Gasteiger partial charge in [-0.05, 0) is 24.8 Å². The maximum absolute atomic E-state index is 12.2. The SMILES string of the molecule is C[C@@H]1CCCN(C(=O)Cc2ccn[nH]2)[C@H]1CN. The number of nitrogens with one attached hydrogen (secondary N) is 1. The summed E-state index contributed by atoms with van der Waals surface area (Å²) in [6.45, 7) is 3.56. The molecule has 17 heavy (non-hydrogen) atoms. The molecular formula is C12H20N4O. The van der Waals surface area contributed by atoms with E-state index in [9.17, 15) is 4.79 Å². The molecule has 0 unspecified atom stereocenters. The molecule has 0 spiro atoms. The van der Waals surface area contributed by atoms with Gasteiger partial charge in [-0.2, -0.15) is 5.10 Å². The maximum atomic E-state index is 12.2. The van der Waals surface area contributed by atoms with Gasteiger partial charge in [-0.25, -0.2) is 0 Å². The fourth-order valence-electron chi connectivity index (χ4n) is 2.57. The summed E-state index contributed by atoms with van der Waals surface area (Å²) < 4.78 is 0. The van der Waals surface area contributed by atoms with Crippen molar-refractivity contribution >= 4 is 5.91 Å². The van der Waals surface area contributed by atoms with E-state index in [0.717, 1.165) is 25.1 Å². The Bertz CT molecular complexity index is 363. The molecule has 1 aromatic rings. The van der Waals surface area contributed by atoms with E-state index in [2.05, 4.69) is 17.1 Å². The van der Waals surface area contributed by atoms with Gasteiger partial charge in [0.2, 0.25) is 5.91 Å². The molecule has 0 aliphatic carbocycles. The smallest absolute Gasteiger partial charge is 0.228 e. The predicted molar refractivity (Wildman–Crippen MR) is 65.2 cm³/mol. The lowest BCUT2D eigenvalue weighted by molar-refractivity contribution is -0.135. The van der Waals surface area contributed by atoms with Crippen molar-refractivity contribution in [2.75, 3.05) is 13.1 Å². The summed E-state index contributed by atoms with van der Waals surface area (Å²) in [6, 6.07) is 2.03. The van der Waals surface area contributed by atoms with Gasteiger partial charge in [0.05, 0.1) is 6.42 Å². The summed E-state index contributed by atoms with van der Waals surface area (Å²) in [4.78, 5) is 14.1. The summed E-state index contributed by atoms with van der Waals surface area (Å²) in [6.07, 6.45) is 4.30. The molecule has 0 saturated carbocycles. The van der Waals surface area contributed by atoms with Crippen molar-refractivity contribution in [1.82, 2.24) is 15.1 Å². The molecule has 0 bridgehead atoms. The van der Waals surface area contributed by atoms with E-state index in [1.165, 1.54) is 0 Å². The fraction of sp³-hybridized carbons (Fsp3) is 0.667. The molecule has 1 aliphatic rings. The second-order valence-electron chi connectivity index (χ2n) is 4.77. The molecule has 1 aliphatic heterocycles. The molecule has 2 rings (SSSR count). The number of nitrogens with two attached hydrogens (primary N) is 1. The van der Waals surface area contributed by atoms with Crippen molar-refractivity contribution < 1.29 is 4.79 Å². The highest BCUT2D eigenvalue weighted by Crippen LogP contribution is 2.23. The first-order valence-corrected chi connectivity index (χ1v) is 6.20. The third-order valence-corrected chi connectivity index (χ3v) is 3.58. The number of H-pyrrole nitrogens is 1. The van der Waals surface area contributed by atoms with Crippen LogP contribution in [0, 0.1) is 5.92 Å². The van der Waals surface area contributed by atoms with Crippen LogP contribution in [0.4, 0.5) is 0 Å². The van der Waals surface area contributed by atoms with Crippen molar-refractivity contribution in [3.63, 3.8) is 0 Å². The Balaban J connectivity index is 2.02. The molecule has 3 N–H and O–H groups in total. The summed E-state index contributed by atoms with van der Waals surface area (Å²) in [7, 11) is 0. The van der Waals surface area contributed by atoms with Gasteiger partial charge in [0.1, 0.15) is 0 Å². The van der Waals surface area contributed by atoms with Gasteiger partial charge in [0, 0.05) is 31.0 Å². The average Bonchev–Trinajstić information content (AvgIpc) is 2.81. The number of rotatable bonds is 3. The van der Waals surface area contributed by atoms with Crippen LogP contribution >= 0.6 is 0 Å². The third kappa shape index (κ3) is 2.66. The lowest BCUT2D eigenvalue weighted by atomic mass is 9.90. The lowest BCUT2D eigenvalue weighted by Crippen LogP contribution is -2.51. The highest BCUT2D eigenvalue weighted by atomic mass is 16.2. The van der Waals surface area contributed by atoms with Crippen LogP contribution in [0.2, 0.25) is 0 Å². The minimum absolute atomic E-state index is 0.149. The van der Waals surface area contributed by atoms with Gasteiger partial charge >= 0.3 is 0 Å². The Morgan fingerprint density at radius 3 is 3.18 bits per heavy atom. The Kier molecular flexibility index (Phi) is 3.78. The average molecular weight is 236 g/mol. The number of likely N-dealkylation sites (tertiary alicyclic amines) is 1. The lowest BCUT2D eigenvalue weighted by Gasteiger charge is -2.39. The number of hydrogen-bond donors (Lipinski definition) is 2. The van der Waals surface area contributed by atoms with Gasteiger partial charge < -0.3 is 10.6 Å². The van der Waals surface area contributed by atoms with Gasteiger partial charge in [0.25, 0.3) is 0 Å². The quantitative estimate of drug-likeness (QED) is 0.804. The second-order valence-corrected chi connectivity index (χ2v) is 4.77. The number of amides is 1. The largest absolute Gasteiger partial charge is 0.338 e. The zero-order valence-electron chi connectivity index (χ0n) is 10.2. The molecular weight excluding hydrogens is 216 g/mol. The highest BCUT2D eigenvalue weighted by Gasteiger charge is 2.30. The van der Waals surface area contributed by atoms with Crippen LogP contribution in [0.15, 0.2) is 12.3 Å². The van der Waals surface area contributed by atoms with Crippen molar-refractivity contribution in [3.05, 3.63) is 18.0 Å². The molecule has 1 amide bonds. The first-order valence-electron chi connectivity index (χ1n) is 6.20. The standard InChI is InChI=1S/C12H20N4O/c1-9-3-2-6-16(11(9)8-13)12(17)7-10-4-5-14-15-10/h4-5,9,11H,2-3,6-8,13H2,1H3,(H,14,15)/t9-,11+/m1/s1. The number of aromatic amines is 1. The zero-order chi connectivity index (χ0) is 12.3. The highest BCUT2D eigenvalue weighted by molar-refractivity contribution is 5.78. The van der Waals surface area contributed by atoms with Crippen LogP contribution < -0.4 is 5.73 Å². The van der Waals surface area contributed by atoms with Crippen LogP contribution in [0.5, 0.6) is 0 Å². The van der Waals surface area contributed by atoms with E-state index >= 15 is 0 Å². The summed E-state index contributed by atoms with van der Waals surface area (Å²) in [5.41, 5.74) is 6.65. The summed E-state index contributed by atoms with van der Waals surface area (Å²) in [5.74, 6) is 0.649. The van der Waals surface area contributed by atoms with Crippen LogP contribution in [0.25, 0.3) is 0 Å².